The summed E-state index contributed by atoms with van der Waals surface area (Å²) in [5, 5.41) is 11.4. The smallest absolute Gasteiger partial charge is 0.296 e. The summed E-state index contributed by atoms with van der Waals surface area (Å²) in [6, 6.07) is 15.3. The van der Waals surface area contributed by atoms with Crippen LogP contribution >= 0.6 is 0 Å². The molecule has 7 nitrogen and oxygen atoms in total. The number of carbonyl (C=O) groups is 2. The van der Waals surface area contributed by atoms with Crippen molar-refractivity contribution in [2.75, 3.05) is 14.2 Å². The number of ether oxygens (including phenoxy) is 2. The van der Waals surface area contributed by atoms with Gasteiger partial charge in [-0.1, -0.05) is 38.1 Å². The van der Waals surface area contributed by atoms with Crippen molar-refractivity contribution in [2.24, 2.45) is 0 Å². The number of nitrogens with zero attached hydrogens (tertiary/aromatic N) is 1. The zero-order valence-corrected chi connectivity index (χ0v) is 19.6. The summed E-state index contributed by atoms with van der Waals surface area (Å²) in [4.78, 5) is 27.8. The van der Waals surface area contributed by atoms with Gasteiger partial charge in [0.15, 0.2) is 0 Å². The van der Waals surface area contributed by atoms with Crippen molar-refractivity contribution in [3.63, 3.8) is 0 Å². The Morgan fingerprint density at radius 3 is 2.38 bits per heavy atom. The van der Waals surface area contributed by atoms with E-state index in [4.69, 9.17) is 13.9 Å². The molecule has 1 N–H and O–H groups in total. The maximum absolute atomic E-state index is 13.3. The van der Waals surface area contributed by atoms with E-state index in [1.54, 1.807) is 30.3 Å². The third-order valence-electron chi connectivity index (χ3n) is 6.03. The lowest BCUT2D eigenvalue weighted by Crippen LogP contribution is -2.29. The second-order valence-electron chi connectivity index (χ2n) is 8.39. The summed E-state index contributed by atoms with van der Waals surface area (Å²) in [5.41, 5.74) is 2.09. The molecule has 1 saturated heterocycles. The average molecular weight is 462 g/mol. The summed E-state index contributed by atoms with van der Waals surface area (Å²) < 4.78 is 16.1. The van der Waals surface area contributed by atoms with Crippen molar-refractivity contribution in [3.8, 4) is 11.5 Å². The fourth-order valence-corrected chi connectivity index (χ4v) is 4.17. The first-order valence-corrected chi connectivity index (χ1v) is 11.0. The number of aliphatic hydroxyl groups excluding tert-OH is 1. The van der Waals surface area contributed by atoms with Gasteiger partial charge in [-0.3, -0.25) is 9.59 Å². The van der Waals surface area contributed by atoms with Gasteiger partial charge in [0.2, 0.25) is 0 Å². The Morgan fingerprint density at radius 1 is 1.06 bits per heavy atom. The van der Waals surface area contributed by atoms with Gasteiger partial charge in [0.05, 0.1) is 44.2 Å². The molecule has 34 heavy (non-hydrogen) atoms. The van der Waals surface area contributed by atoms with Crippen LogP contribution in [0.4, 0.5) is 0 Å². The van der Waals surface area contributed by atoms with Crippen molar-refractivity contribution in [1.82, 2.24) is 4.90 Å². The SMILES string of the molecule is COc1ccc(OC)c(/C(O)=C2\C(=O)C(=O)N(Cc3ccco3)C2c2ccc(C(C)C)cc2)c1. The molecule has 4 rings (SSSR count). The minimum Gasteiger partial charge on any atom is -0.507 e. The zero-order chi connectivity index (χ0) is 24.4. The highest BCUT2D eigenvalue weighted by Crippen LogP contribution is 2.42. The number of furan rings is 1. The van der Waals surface area contributed by atoms with Gasteiger partial charge in [-0.05, 0) is 47.4 Å². The summed E-state index contributed by atoms with van der Waals surface area (Å²) in [6.45, 7) is 4.26. The van der Waals surface area contributed by atoms with Crippen LogP contribution in [0, 0.1) is 0 Å². The van der Waals surface area contributed by atoms with Gasteiger partial charge < -0.3 is 23.9 Å². The molecular weight excluding hydrogens is 434 g/mol. The molecule has 176 valence electrons. The van der Waals surface area contributed by atoms with Crippen molar-refractivity contribution in [1.29, 1.82) is 0 Å². The topological polar surface area (TPSA) is 89.2 Å². The monoisotopic (exact) mass is 461 g/mol. The minimum absolute atomic E-state index is 0.0135. The number of Topliss-reactive ketones (excluding diaryl/α,β-unsaturated/α-hetero) is 1. The highest BCUT2D eigenvalue weighted by atomic mass is 16.5. The predicted octanol–water partition coefficient (Wildman–Crippen LogP) is 5.04. The van der Waals surface area contributed by atoms with Crippen molar-refractivity contribution in [3.05, 3.63) is 88.9 Å². The third kappa shape index (κ3) is 4.17. The molecule has 1 amide bonds. The molecule has 2 heterocycles. The summed E-state index contributed by atoms with van der Waals surface area (Å²) in [7, 11) is 2.97. The van der Waals surface area contributed by atoms with Crippen LogP contribution in [0.5, 0.6) is 11.5 Å². The Kier molecular flexibility index (Phi) is 6.45. The average Bonchev–Trinajstić information content (AvgIpc) is 3.45. The van der Waals surface area contributed by atoms with Crippen LogP contribution in [0.2, 0.25) is 0 Å². The molecule has 1 aliphatic rings. The van der Waals surface area contributed by atoms with E-state index in [1.807, 2.05) is 24.3 Å². The summed E-state index contributed by atoms with van der Waals surface area (Å²) >= 11 is 0. The lowest BCUT2D eigenvalue weighted by atomic mass is 9.93. The maximum atomic E-state index is 13.3. The molecule has 0 saturated carbocycles. The Balaban J connectivity index is 1.90. The molecule has 0 aliphatic carbocycles. The Hall–Kier alpha value is -4.00. The van der Waals surface area contributed by atoms with Crippen molar-refractivity contribution >= 4 is 17.4 Å². The van der Waals surface area contributed by atoms with E-state index < -0.39 is 17.7 Å². The molecule has 3 aromatic rings. The van der Waals surface area contributed by atoms with E-state index in [9.17, 15) is 14.7 Å². The van der Waals surface area contributed by atoms with E-state index in [2.05, 4.69) is 13.8 Å². The van der Waals surface area contributed by atoms with Crippen molar-refractivity contribution in [2.45, 2.75) is 32.4 Å². The number of aliphatic hydroxyl groups is 1. The number of hydrogen-bond donors (Lipinski definition) is 1. The number of rotatable bonds is 7. The summed E-state index contributed by atoms with van der Waals surface area (Å²) in [5.74, 6) is -0.123. The van der Waals surface area contributed by atoms with Crippen LogP contribution in [-0.2, 0) is 16.1 Å². The quantitative estimate of drug-likeness (QED) is 0.301. The number of benzene rings is 2. The second kappa shape index (κ2) is 9.47. The molecule has 0 bridgehead atoms. The molecule has 1 unspecified atom stereocenters. The van der Waals surface area contributed by atoms with Crippen LogP contribution < -0.4 is 9.47 Å². The molecule has 0 spiro atoms. The van der Waals surface area contributed by atoms with E-state index in [-0.39, 0.29) is 23.4 Å². The number of amides is 1. The van der Waals surface area contributed by atoms with Gasteiger partial charge in [-0.2, -0.15) is 0 Å². The van der Waals surface area contributed by atoms with Crippen LogP contribution in [0.3, 0.4) is 0 Å². The standard InChI is InChI=1S/C27H27NO6/c1-16(2)17-7-9-18(10-8-17)24-23(25(29)21-14-19(32-3)11-12-22(21)33-4)26(30)27(31)28(24)15-20-6-5-13-34-20/h5-14,16,24,29H,15H2,1-4H3/b25-23+. The van der Waals surface area contributed by atoms with Crippen LogP contribution in [0.25, 0.3) is 5.76 Å². The van der Waals surface area contributed by atoms with Gasteiger partial charge in [0.1, 0.15) is 23.0 Å². The predicted molar refractivity (Wildman–Crippen MR) is 127 cm³/mol. The summed E-state index contributed by atoms with van der Waals surface area (Å²) in [6.07, 6.45) is 1.51. The van der Waals surface area contributed by atoms with Gasteiger partial charge in [-0.15, -0.1) is 0 Å². The number of carbonyl (C=O) groups excluding carboxylic acids is 2. The molecule has 1 fully saturated rings. The Morgan fingerprint density at radius 2 is 1.79 bits per heavy atom. The Bertz CT molecular complexity index is 1220. The van der Waals surface area contributed by atoms with E-state index in [0.717, 1.165) is 5.56 Å². The maximum Gasteiger partial charge on any atom is 0.296 e. The molecule has 1 aromatic heterocycles. The highest BCUT2D eigenvalue weighted by molar-refractivity contribution is 6.46. The highest BCUT2D eigenvalue weighted by Gasteiger charge is 2.46. The lowest BCUT2D eigenvalue weighted by Gasteiger charge is -2.25. The van der Waals surface area contributed by atoms with Crippen molar-refractivity contribution < 1.29 is 28.6 Å². The van der Waals surface area contributed by atoms with Crippen LogP contribution in [0.15, 0.2) is 70.9 Å². The lowest BCUT2D eigenvalue weighted by molar-refractivity contribution is -0.140. The second-order valence-corrected chi connectivity index (χ2v) is 8.39. The zero-order valence-electron chi connectivity index (χ0n) is 19.6. The first kappa shape index (κ1) is 23.2. The fraction of sp³-hybridized carbons (Fsp3) is 0.259. The molecular formula is C27H27NO6. The third-order valence-corrected chi connectivity index (χ3v) is 6.03. The van der Waals surface area contributed by atoms with Crippen LogP contribution in [0.1, 0.15) is 48.3 Å². The Labute approximate surface area is 198 Å². The minimum atomic E-state index is -0.804. The molecule has 7 heteroatoms. The van der Waals surface area contributed by atoms with E-state index >= 15 is 0 Å². The number of methoxy groups -OCH3 is 2. The normalized spacial score (nSPS) is 17.4. The van der Waals surface area contributed by atoms with E-state index in [0.29, 0.717) is 28.7 Å². The van der Waals surface area contributed by atoms with Gasteiger partial charge in [0, 0.05) is 0 Å². The number of hydrogen-bond acceptors (Lipinski definition) is 6. The largest absolute Gasteiger partial charge is 0.507 e. The molecule has 0 radical (unpaired) electrons. The number of likely N-dealkylation sites (tertiary alicyclic amines) is 1. The first-order chi connectivity index (χ1) is 16.3. The van der Waals surface area contributed by atoms with Gasteiger partial charge in [0.25, 0.3) is 11.7 Å². The van der Waals surface area contributed by atoms with Gasteiger partial charge in [-0.25, -0.2) is 0 Å². The number of ketones is 1. The fourth-order valence-electron chi connectivity index (χ4n) is 4.17. The molecule has 1 atom stereocenters. The first-order valence-electron chi connectivity index (χ1n) is 11.0. The van der Waals surface area contributed by atoms with Crippen LogP contribution in [-0.4, -0.2) is 35.9 Å². The van der Waals surface area contributed by atoms with E-state index in [1.165, 1.54) is 25.4 Å². The molecule has 2 aromatic carbocycles. The molecule has 1 aliphatic heterocycles. The van der Waals surface area contributed by atoms with Gasteiger partial charge >= 0.3 is 0 Å².